The van der Waals surface area contributed by atoms with Crippen LogP contribution in [0, 0.1) is 6.92 Å². The summed E-state index contributed by atoms with van der Waals surface area (Å²) in [4.78, 5) is 23.9. The van der Waals surface area contributed by atoms with Crippen LogP contribution in [0.1, 0.15) is 30.2 Å². The lowest BCUT2D eigenvalue weighted by Gasteiger charge is -2.16. The van der Waals surface area contributed by atoms with E-state index in [2.05, 4.69) is 19.7 Å². The smallest absolute Gasteiger partial charge is 0.421 e. The maximum Gasteiger partial charge on any atom is 0.421 e. The molecule has 0 aliphatic carbocycles. The van der Waals surface area contributed by atoms with E-state index in [9.17, 15) is 23.4 Å². The number of nitrogen functional groups attached to an aromatic ring is 1. The molecule has 2 aromatic heterocycles. The Morgan fingerprint density at radius 1 is 1.19 bits per heavy atom. The molecule has 0 spiro atoms. The number of nitrogens with zero attached hydrogens (tertiary/aromatic N) is 4. The van der Waals surface area contributed by atoms with Crippen LogP contribution in [-0.4, -0.2) is 75.7 Å². The molecule has 1 saturated heterocycles. The number of imidazole rings is 1. The van der Waals surface area contributed by atoms with Crippen molar-refractivity contribution in [2.24, 2.45) is 0 Å². The number of nitrogens with one attached hydrogen (secondary N) is 2. The van der Waals surface area contributed by atoms with Gasteiger partial charge in [-0.05, 0) is 31.7 Å². The van der Waals surface area contributed by atoms with Crippen LogP contribution >= 0.6 is 0 Å². The van der Waals surface area contributed by atoms with Gasteiger partial charge in [0.05, 0.1) is 19.0 Å². The molecule has 0 unspecified atom stereocenters. The number of rotatable bonds is 10. The highest BCUT2D eigenvalue weighted by molar-refractivity contribution is 7.88. The summed E-state index contributed by atoms with van der Waals surface area (Å²) in [7, 11) is -4.21. The minimum Gasteiger partial charge on any atom is -0.449 e. The van der Waals surface area contributed by atoms with E-state index in [0.29, 0.717) is 24.0 Å². The SMILES string of the molecule is Cc1ccc(CCCOC(=O)NS(=O)(=O)NCC[C@H]2O[C@@H](n3cnc4c(N)ncnc43)[C@H](O)[C@@H]2O)cc1. The molecule has 3 heterocycles. The highest BCUT2D eigenvalue weighted by Gasteiger charge is 2.44. The van der Waals surface area contributed by atoms with E-state index in [0.717, 1.165) is 11.1 Å². The van der Waals surface area contributed by atoms with E-state index in [1.807, 2.05) is 31.2 Å². The zero-order valence-electron chi connectivity index (χ0n) is 20.0. The van der Waals surface area contributed by atoms with Gasteiger partial charge in [-0.15, -0.1) is 0 Å². The first-order valence-corrected chi connectivity index (χ1v) is 13.1. The van der Waals surface area contributed by atoms with Crippen LogP contribution in [0.3, 0.4) is 0 Å². The van der Waals surface area contributed by atoms with Crippen molar-refractivity contribution in [2.45, 2.75) is 50.7 Å². The molecule has 4 rings (SSSR count). The molecule has 1 aliphatic rings. The number of carbonyl (C=O) groups excluding carboxylic acids is 1. The molecule has 37 heavy (non-hydrogen) atoms. The number of ether oxygens (including phenoxy) is 2. The fourth-order valence-electron chi connectivity index (χ4n) is 3.96. The normalized spacial score (nSPS) is 21.8. The zero-order valence-corrected chi connectivity index (χ0v) is 20.8. The Kier molecular flexibility index (Phi) is 8.19. The minimum absolute atomic E-state index is 0.00495. The van der Waals surface area contributed by atoms with Crippen LogP contribution in [-0.2, 0) is 26.1 Å². The summed E-state index contributed by atoms with van der Waals surface area (Å²) in [5, 5.41) is 20.9. The first-order valence-electron chi connectivity index (χ1n) is 11.6. The standard InChI is InChI=1S/C22H29N7O7S/c1-13-4-6-14(7-5-13)3-2-10-35-22(32)28-37(33,34)27-9-8-15-17(30)18(31)21(36-15)29-12-26-16-19(23)24-11-25-20(16)29/h4-7,11-12,15,17-18,21,27,30-31H,2-3,8-10H2,1H3,(H,28,32)(H2,23,24,25)/t15-,17-,18-,21-/m1/s1. The zero-order chi connectivity index (χ0) is 26.6. The van der Waals surface area contributed by atoms with Gasteiger partial charge in [-0.1, -0.05) is 29.8 Å². The summed E-state index contributed by atoms with van der Waals surface area (Å²) < 4.78 is 40.4. The lowest BCUT2D eigenvalue weighted by atomic mass is 10.1. The molecule has 0 saturated carbocycles. The van der Waals surface area contributed by atoms with Gasteiger partial charge in [-0.2, -0.15) is 13.1 Å². The Morgan fingerprint density at radius 2 is 1.95 bits per heavy atom. The number of fused-ring (bicyclic) bond motifs is 1. The number of nitrogens with two attached hydrogens (primary N) is 1. The first kappa shape index (κ1) is 26.7. The topological polar surface area (TPSA) is 204 Å². The number of carbonyl (C=O) groups is 1. The number of aliphatic hydroxyl groups is 2. The number of hydrogen-bond donors (Lipinski definition) is 5. The molecule has 6 N–H and O–H groups in total. The maximum atomic E-state index is 12.2. The fourth-order valence-corrected chi connectivity index (χ4v) is 4.70. The van der Waals surface area contributed by atoms with Crippen molar-refractivity contribution in [3.8, 4) is 0 Å². The molecular weight excluding hydrogens is 506 g/mol. The average molecular weight is 536 g/mol. The molecule has 15 heteroatoms. The van der Waals surface area contributed by atoms with E-state index in [1.54, 1.807) is 4.72 Å². The molecule has 14 nitrogen and oxygen atoms in total. The van der Waals surface area contributed by atoms with Crippen molar-refractivity contribution >= 4 is 33.3 Å². The van der Waals surface area contributed by atoms with Gasteiger partial charge in [-0.3, -0.25) is 4.57 Å². The average Bonchev–Trinajstić information content (AvgIpc) is 3.40. The second-order valence-corrected chi connectivity index (χ2v) is 10.1. The summed E-state index contributed by atoms with van der Waals surface area (Å²) in [6.45, 7) is 1.86. The number of aromatic nitrogens is 4. The van der Waals surface area contributed by atoms with E-state index >= 15 is 0 Å². The highest BCUT2D eigenvalue weighted by atomic mass is 32.2. The molecule has 4 atom stereocenters. The van der Waals surface area contributed by atoms with Gasteiger partial charge in [0, 0.05) is 6.54 Å². The largest absolute Gasteiger partial charge is 0.449 e. The molecule has 0 bridgehead atoms. The van der Waals surface area contributed by atoms with Crippen LogP contribution in [0.4, 0.5) is 10.6 Å². The lowest BCUT2D eigenvalue weighted by molar-refractivity contribution is -0.0363. The third-order valence-corrected chi connectivity index (χ3v) is 6.92. The van der Waals surface area contributed by atoms with Crippen LogP contribution < -0.4 is 15.2 Å². The Hall–Kier alpha value is -3.37. The van der Waals surface area contributed by atoms with Gasteiger partial charge in [-0.25, -0.2) is 24.5 Å². The van der Waals surface area contributed by atoms with Gasteiger partial charge >= 0.3 is 16.3 Å². The van der Waals surface area contributed by atoms with Crippen molar-refractivity contribution in [2.75, 3.05) is 18.9 Å². The monoisotopic (exact) mass is 535 g/mol. The number of hydrogen-bond acceptors (Lipinski definition) is 11. The van der Waals surface area contributed by atoms with Gasteiger partial charge < -0.3 is 25.4 Å². The maximum absolute atomic E-state index is 12.2. The number of aryl methyl sites for hydroxylation is 2. The van der Waals surface area contributed by atoms with E-state index < -0.39 is 40.8 Å². The molecule has 1 aromatic carbocycles. The van der Waals surface area contributed by atoms with Crippen molar-refractivity contribution in [3.63, 3.8) is 0 Å². The van der Waals surface area contributed by atoms with Gasteiger partial charge in [0.15, 0.2) is 17.7 Å². The first-order chi connectivity index (χ1) is 17.6. The van der Waals surface area contributed by atoms with Crippen LogP contribution in [0.5, 0.6) is 0 Å². The van der Waals surface area contributed by atoms with E-state index in [1.165, 1.54) is 17.2 Å². The van der Waals surface area contributed by atoms with Crippen molar-refractivity contribution in [1.82, 2.24) is 29.0 Å². The van der Waals surface area contributed by atoms with Gasteiger partial charge in [0.2, 0.25) is 0 Å². The molecule has 200 valence electrons. The summed E-state index contributed by atoms with van der Waals surface area (Å²) in [5.74, 6) is 0.153. The molecule has 1 fully saturated rings. The van der Waals surface area contributed by atoms with Crippen LogP contribution in [0.25, 0.3) is 11.2 Å². The Bertz CT molecular complexity index is 1330. The molecule has 0 radical (unpaired) electrons. The van der Waals surface area contributed by atoms with Gasteiger partial charge in [0.25, 0.3) is 0 Å². The van der Waals surface area contributed by atoms with Crippen molar-refractivity contribution < 1.29 is 32.9 Å². The quantitative estimate of drug-likeness (QED) is 0.217. The fraction of sp³-hybridized carbons (Fsp3) is 0.455. The number of anilines is 1. The number of aliphatic hydroxyl groups excluding tert-OH is 2. The Balaban J connectivity index is 1.21. The lowest BCUT2D eigenvalue weighted by Crippen LogP contribution is -2.42. The number of amides is 1. The second kappa shape index (κ2) is 11.4. The third-order valence-electron chi connectivity index (χ3n) is 5.90. The van der Waals surface area contributed by atoms with Gasteiger partial charge in [0.1, 0.15) is 24.1 Å². The third kappa shape index (κ3) is 6.50. The Labute approximate surface area is 213 Å². The summed E-state index contributed by atoms with van der Waals surface area (Å²) in [6, 6.07) is 7.95. The Morgan fingerprint density at radius 3 is 2.70 bits per heavy atom. The van der Waals surface area contributed by atoms with Crippen molar-refractivity contribution in [1.29, 1.82) is 0 Å². The van der Waals surface area contributed by atoms with E-state index in [-0.39, 0.29) is 25.4 Å². The van der Waals surface area contributed by atoms with Crippen LogP contribution in [0.15, 0.2) is 36.9 Å². The molecular formula is C22H29N7O7S. The summed E-state index contributed by atoms with van der Waals surface area (Å²) >= 11 is 0. The molecule has 1 aliphatic heterocycles. The van der Waals surface area contributed by atoms with Crippen LogP contribution in [0.2, 0.25) is 0 Å². The predicted octanol–water partition coefficient (Wildman–Crippen LogP) is -0.0804. The summed E-state index contributed by atoms with van der Waals surface area (Å²) in [6.07, 6.45) is -1.85. The number of benzene rings is 1. The van der Waals surface area contributed by atoms with Crippen molar-refractivity contribution in [3.05, 3.63) is 48.0 Å². The highest BCUT2D eigenvalue weighted by Crippen LogP contribution is 2.33. The summed E-state index contributed by atoms with van der Waals surface area (Å²) in [5.41, 5.74) is 8.64. The van der Waals surface area contributed by atoms with E-state index in [4.69, 9.17) is 15.2 Å². The molecule has 3 aromatic rings. The minimum atomic E-state index is -4.21. The molecule has 1 amide bonds. The second-order valence-electron chi connectivity index (χ2n) is 8.64. The predicted molar refractivity (Wildman–Crippen MR) is 131 cm³/mol.